The smallest absolute Gasteiger partial charge is 0.407 e. The monoisotopic (exact) mass is 1460 g/mol. The second-order valence-corrected chi connectivity index (χ2v) is 35.9. The Morgan fingerprint density at radius 3 is 1.97 bits per heavy atom. The van der Waals surface area contributed by atoms with Crippen molar-refractivity contribution in [2.45, 2.75) is 298 Å². The number of benzene rings is 3. The maximum Gasteiger partial charge on any atom is 0.407 e. The molecule has 0 aromatic heterocycles. The van der Waals surface area contributed by atoms with Gasteiger partial charge in [0.25, 0.3) is 0 Å². The van der Waals surface area contributed by atoms with Gasteiger partial charge in [-0.2, -0.15) is 0 Å². The van der Waals surface area contributed by atoms with Gasteiger partial charge in [-0.3, -0.25) is 9.59 Å². The highest BCUT2D eigenvalue weighted by Crippen LogP contribution is 2.76. The van der Waals surface area contributed by atoms with Crippen LogP contribution in [0.2, 0.25) is 0 Å². The Kier molecular flexibility index (Phi) is 24.2. The third-order valence-corrected chi connectivity index (χ3v) is 27.0. The van der Waals surface area contributed by atoms with Crippen LogP contribution in [0.15, 0.2) is 103 Å². The van der Waals surface area contributed by atoms with Crippen molar-refractivity contribution in [2.24, 2.45) is 68.0 Å². The number of alkyl carbamates (subject to hydrolysis) is 1. The molecular formula is C86H124N2O17. The number of amides is 2. The van der Waals surface area contributed by atoms with Crippen LogP contribution >= 0.6 is 0 Å². The Labute approximate surface area is 625 Å². The first-order valence-electron chi connectivity index (χ1n) is 39.5. The Bertz CT molecular complexity index is 3460. The Morgan fingerprint density at radius 1 is 0.667 bits per heavy atom. The fourth-order valence-corrected chi connectivity index (χ4v) is 20.9. The largest absolute Gasteiger partial charge is 0.444 e. The minimum Gasteiger partial charge on any atom is -0.444 e. The Balaban J connectivity index is 0.852. The molecule has 19 nitrogen and oxygen atoms in total. The lowest BCUT2D eigenvalue weighted by molar-refractivity contribution is -0.354. The zero-order valence-corrected chi connectivity index (χ0v) is 65.7. The molecule has 105 heavy (non-hydrogen) atoms. The average molecular weight is 1460 g/mol. The number of carbonyl (C=O) groups is 4. The van der Waals surface area contributed by atoms with Gasteiger partial charge in [-0.1, -0.05) is 171 Å². The molecule has 5 aliphatic carbocycles. The molecule has 0 bridgehead atoms. The number of rotatable bonds is 25. The molecule has 0 spiro atoms. The number of methoxy groups -OCH3 is 1. The number of esters is 1. The predicted molar refractivity (Wildman–Crippen MR) is 396 cm³/mol. The third kappa shape index (κ3) is 16.4. The summed E-state index contributed by atoms with van der Waals surface area (Å²) in [6.07, 6.45) is 3.38. The number of hydrogen-bond acceptors (Lipinski definition) is 17. The Hall–Kier alpha value is -5.16. The summed E-state index contributed by atoms with van der Waals surface area (Å²) in [5.74, 6) is -2.02. The van der Waals surface area contributed by atoms with E-state index in [4.69, 9.17) is 61.6 Å². The quantitative estimate of drug-likeness (QED) is 0.0349. The van der Waals surface area contributed by atoms with Gasteiger partial charge in [0.2, 0.25) is 12.2 Å². The van der Waals surface area contributed by atoms with Crippen LogP contribution in [-0.2, 0) is 95.8 Å². The topological polar surface area (TPSA) is 212 Å². The molecule has 4 saturated carbocycles. The first kappa shape index (κ1) is 79.4. The summed E-state index contributed by atoms with van der Waals surface area (Å²) in [4.78, 5) is 57.2. The SMILES string of the molecule is COC1C[C@]2(C)C(=CCC3C4(C)CC[C@H](C)[C@](C)(C=O)[C@@H]4CC[C@@]32C)C2CC(C)(C)CC[C@]12C(=O)O[C@@H]1OC(COCc2ccccc2)[C@H](NC(=O)CCCCCNC(=O)OC(C)(C)C)C(C)C1O[C@@H]1OC(C)[C@H](O[C@@H]2OC[C@@H](OCc3ccccc3)C(OCc3ccccc3)C2C)C2OC(C)(C)OC21. The maximum atomic E-state index is 16.8. The van der Waals surface area contributed by atoms with E-state index in [1.807, 2.05) is 139 Å². The first-order valence-corrected chi connectivity index (χ1v) is 39.5. The van der Waals surface area contributed by atoms with Gasteiger partial charge >= 0.3 is 12.1 Å². The number of fused-ring (bicyclic) bond motifs is 8. The number of carbonyl (C=O) groups excluding carboxylic acids is 4. The molecule has 0 radical (unpaired) electrons. The average Bonchev–Trinajstić information content (AvgIpc) is 1.17. The van der Waals surface area contributed by atoms with Gasteiger partial charge in [0, 0.05) is 37.3 Å². The zero-order valence-electron chi connectivity index (χ0n) is 65.7. The molecule has 2 amide bonds. The van der Waals surface area contributed by atoms with Crippen molar-refractivity contribution in [2.75, 3.05) is 26.9 Å². The second-order valence-electron chi connectivity index (χ2n) is 35.9. The summed E-state index contributed by atoms with van der Waals surface area (Å²) < 4.78 is 89.1. The number of nitrogens with one attached hydrogen (secondary N) is 2. The van der Waals surface area contributed by atoms with Crippen LogP contribution in [0, 0.1) is 68.0 Å². The van der Waals surface area contributed by atoms with Crippen molar-refractivity contribution in [3.63, 3.8) is 0 Å². The predicted octanol–water partition coefficient (Wildman–Crippen LogP) is 15.1. The minimum absolute atomic E-state index is 0.0329. The van der Waals surface area contributed by atoms with Crippen molar-refractivity contribution in [3.05, 3.63) is 119 Å². The highest BCUT2D eigenvalue weighted by atomic mass is 16.8. The molecule has 4 heterocycles. The number of unbranched alkanes of at least 4 members (excludes halogenated alkanes) is 2. The molecule has 12 rings (SSSR count). The molecule has 24 atom stereocenters. The summed E-state index contributed by atoms with van der Waals surface area (Å²) in [7, 11) is 1.77. The van der Waals surface area contributed by atoms with Gasteiger partial charge in [-0.25, -0.2) is 4.79 Å². The van der Waals surface area contributed by atoms with Gasteiger partial charge in [0.1, 0.15) is 53.9 Å². The summed E-state index contributed by atoms with van der Waals surface area (Å²) >= 11 is 0. The van der Waals surface area contributed by atoms with Crippen LogP contribution in [0.4, 0.5) is 4.79 Å². The first-order chi connectivity index (χ1) is 49.9. The maximum absolute atomic E-state index is 16.8. The molecule has 2 N–H and O–H groups in total. The molecule has 9 aliphatic rings. The second kappa shape index (κ2) is 32.0. The van der Waals surface area contributed by atoms with Gasteiger partial charge in [0.05, 0.1) is 57.4 Å². The molecule has 3 aromatic carbocycles. The molecule has 580 valence electrons. The lowest BCUT2D eigenvalue weighted by atomic mass is 9.33. The van der Waals surface area contributed by atoms with E-state index in [9.17, 15) is 14.4 Å². The fraction of sp³-hybridized carbons (Fsp3) is 0.721. The van der Waals surface area contributed by atoms with Crippen LogP contribution in [0.5, 0.6) is 0 Å². The summed E-state index contributed by atoms with van der Waals surface area (Å²) in [6.45, 7) is 33.5. The van der Waals surface area contributed by atoms with Crippen LogP contribution in [0.1, 0.15) is 204 Å². The van der Waals surface area contributed by atoms with Crippen molar-refractivity contribution < 1.29 is 80.8 Å². The standard InChI is InChI=1S/C86H124N2O17/c1-53-38-40-82(12)64(83(53,13)52-89)39-41-84(14)65(82)37-36-60-61-45-80(8,9)42-43-86(61,66(93-16)46-85(60,84)15)77(91)102-75-70(54(2)68(62(99-75)50-94-47-57-29-21-17-22-30-57)88-67(90)35-27-20-28-44-87-78(92)105-79(5,6)7)100-76-73-72(103-81(10,11)104-73)71(56(4)98-76)101-74-55(3)69(96-49-59-33-25-19-26-34-59)63(51-97-74)95-48-58-31-23-18-24-32-58/h17-19,21-26,29-34,36,52-56,61-66,68-76H,20,27-28,35,37-51H2,1-16H3,(H,87,92)(H,88,90)/t53-,54?,55?,56?,61?,62?,63+,64+,65?,66?,68+,69?,70?,71-,72?,73?,74-,75-,76-,82?,83-,84-,85+,86+/m0/s1. The normalized spacial score (nSPS) is 39.7. The lowest BCUT2D eigenvalue weighted by Gasteiger charge is -2.71. The minimum atomic E-state index is -1.36. The van der Waals surface area contributed by atoms with E-state index in [-0.39, 0.29) is 71.6 Å². The highest BCUT2D eigenvalue weighted by Gasteiger charge is 2.73. The van der Waals surface area contributed by atoms with E-state index in [2.05, 4.69) is 72.1 Å². The summed E-state index contributed by atoms with van der Waals surface area (Å²) in [6, 6.07) is 29.3. The van der Waals surface area contributed by atoms with E-state index in [1.54, 1.807) is 7.11 Å². The molecule has 4 saturated heterocycles. The van der Waals surface area contributed by atoms with E-state index in [1.165, 1.54) is 11.9 Å². The highest BCUT2D eigenvalue weighted by molar-refractivity contribution is 5.80. The van der Waals surface area contributed by atoms with E-state index in [0.29, 0.717) is 63.7 Å². The summed E-state index contributed by atoms with van der Waals surface area (Å²) in [5, 5.41) is 6.22. The third-order valence-electron chi connectivity index (χ3n) is 27.0. The number of ether oxygens (including phenoxy) is 13. The van der Waals surface area contributed by atoms with Crippen LogP contribution in [0.3, 0.4) is 0 Å². The molecular weight excluding hydrogens is 1330 g/mol. The fourth-order valence-electron chi connectivity index (χ4n) is 20.9. The van der Waals surface area contributed by atoms with Crippen molar-refractivity contribution >= 4 is 24.3 Å². The van der Waals surface area contributed by atoms with Crippen molar-refractivity contribution in [1.82, 2.24) is 10.6 Å². The van der Waals surface area contributed by atoms with Gasteiger partial charge < -0.3 is 77.0 Å². The van der Waals surface area contributed by atoms with Crippen LogP contribution in [-0.4, -0.2) is 142 Å². The summed E-state index contributed by atoms with van der Waals surface area (Å²) in [5.41, 5.74) is 1.53. The van der Waals surface area contributed by atoms with Crippen molar-refractivity contribution in [3.8, 4) is 0 Å². The zero-order chi connectivity index (χ0) is 75.1. The molecule has 12 unspecified atom stereocenters. The van der Waals surface area contributed by atoms with Crippen LogP contribution < -0.4 is 10.6 Å². The molecule has 4 aliphatic heterocycles. The number of allylic oxidation sites excluding steroid dienone is 2. The molecule has 19 heteroatoms. The van der Waals surface area contributed by atoms with Crippen LogP contribution in [0.25, 0.3) is 0 Å². The van der Waals surface area contributed by atoms with Gasteiger partial charge in [-0.05, 0) is 174 Å². The molecule has 8 fully saturated rings. The molecule has 3 aromatic rings. The lowest BCUT2D eigenvalue weighted by Crippen LogP contribution is -2.68. The van der Waals surface area contributed by atoms with E-state index < -0.39 is 120 Å². The van der Waals surface area contributed by atoms with E-state index in [0.717, 1.165) is 61.6 Å². The number of aldehydes is 1. The number of hydrogen-bond donors (Lipinski definition) is 2. The van der Waals surface area contributed by atoms with Gasteiger partial charge in [0.15, 0.2) is 18.4 Å². The Morgan fingerprint density at radius 2 is 1.31 bits per heavy atom. The van der Waals surface area contributed by atoms with Gasteiger partial charge in [-0.15, -0.1) is 0 Å². The van der Waals surface area contributed by atoms with E-state index >= 15 is 4.79 Å². The van der Waals surface area contributed by atoms with Crippen molar-refractivity contribution in [1.29, 1.82) is 0 Å².